The maximum absolute atomic E-state index is 12.9. The van der Waals surface area contributed by atoms with Crippen LogP contribution in [0.15, 0.2) is 52.8 Å². The Kier molecular flexibility index (Phi) is 8.41. The number of β-lactam (4-membered cyclic amide) rings is 1. The highest BCUT2D eigenvalue weighted by Gasteiger charge is 2.53. The van der Waals surface area contributed by atoms with Crippen molar-refractivity contribution in [3.63, 3.8) is 0 Å². The van der Waals surface area contributed by atoms with E-state index in [1.807, 2.05) is 12.1 Å². The summed E-state index contributed by atoms with van der Waals surface area (Å²) in [5, 5.41) is 13.1. The van der Waals surface area contributed by atoms with Crippen LogP contribution in [-0.4, -0.2) is 60.7 Å². The molecule has 2 aromatic heterocycles. The number of primary amides is 1. The molecule has 0 radical (unpaired) electrons. The summed E-state index contributed by atoms with van der Waals surface area (Å²) in [6.07, 6.45) is 3.78. The van der Waals surface area contributed by atoms with Gasteiger partial charge < -0.3 is 16.2 Å². The Bertz CT molecular complexity index is 1250. The van der Waals surface area contributed by atoms with E-state index < -0.39 is 17.9 Å². The summed E-state index contributed by atoms with van der Waals surface area (Å²) in [6.45, 7) is 0.0804. The van der Waals surface area contributed by atoms with Crippen molar-refractivity contribution in [2.24, 2.45) is 5.73 Å². The van der Waals surface area contributed by atoms with Crippen molar-refractivity contribution in [2.45, 2.75) is 29.3 Å². The molecule has 2 atom stereocenters. The molecule has 36 heavy (non-hydrogen) atoms. The first kappa shape index (κ1) is 26.7. The van der Waals surface area contributed by atoms with E-state index in [2.05, 4.69) is 10.3 Å². The van der Waals surface area contributed by atoms with Gasteiger partial charge in [0.25, 0.3) is 11.8 Å². The lowest BCUT2D eigenvalue weighted by molar-refractivity contribution is -0.684. The number of carbonyl (C=O) groups excluding carboxylic acids is 2. The quantitative estimate of drug-likeness (QED) is 0.133. The van der Waals surface area contributed by atoms with Gasteiger partial charge in [0, 0.05) is 35.0 Å². The molecule has 14 heteroatoms. The minimum absolute atomic E-state index is 0.0210. The smallest absolute Gasteiger partial charge is 0.352 e. The Morgan fingerprint density at radius 2 is 1.97 bits per heavy atom. The maximum Gasteiger partial charge on any atom is 0.352 e. The summed E-state index contributed by atoms with van der Waals surface area (Å²) in [5.74, 6) is -1.04. The van der Waals surface area contributed by atoms with Gasteiger partial charge in [-0.25, -0.2) is 9.78 Å². The van der Waals surface area contributed by atoms with E-state index >= 15 is 0 Å². The van der Waals surface area contributed by atoms with E-state index in [0.29, 0.717) is 28.5 Å². The van der Waals surface area contributed by atoms with E-state index in [1.54, 1.807) is 29.1 Å². The van der Waals surface area contributed by atoms with E-state index in [9.17, 15) is 19.5 Å². The third-order valence-corrected chi connectivity index (χ3v) is 8.45. The number of rotatable bonds is 9. The van der Waals surface area contributed by atoms with E-state index in [1.165, 1.54) is 28.4 Å². The molecule has 0 bridgehead atoms. The zero-order valence-corrected chi connectivity index (χ0v) is 22.5. The van der Waals surface area contributed by atoms with Gasteiger partial charge in [-0.2, -0.15) is 4.57 Å². The zero-order valence-electron chi connectivity index (χ0n) is 18.5. The molecule has 9 nitrogen and oxygen atoms in total. The SMILES string of the molecule is NC(=O)C[n+]1ccc(SCC2=C(C(=O)O)N3C(=O)[C@H](NC(=S)Cc4cc(Cl)nc(Cl)c4)[C@H]3SC2)cc1. The molecular formula is C22H20Cl2N5O4S3+. The van der Waals surface area contributed by atoms with Crippen LogP contribution in [0.3, 0.4) is 0 Å². The van der Waals surface area contributed by atoms with Crippen molar-refractivity contribution < 1.29 is 24.1 Å². The molecule has 0 aliphatic carbocycles. The van der Waals surface area contributed by atoms with Crippen molar-refractivity contribution >= 4 is 81.7 Å². The Labute approximate surface area is 230 Å². The average molecular weight is 586 g/mol. The number of hydrogen-bond acceptors (Lipinski definition) is 7. The monoisotopic (exact) mass is 584 g/mol. The predicted octanol–water partition coefficient (Wildman–Crippen LogP) is 2.04. The summed E-state index contributed by atoms with van der Waals surface area (Å²) in [6, 6.07) is 6.32. The molecule has 0 saturated carbocycles. The summed E-state index contributed by atoms with van der Waals surface area (Å²) in [7, 11) is 0. The van der Waals surface area contributed by atoms with Crippen LogP contribution in [0.2, 0.25) is 10.3 Å². The third kappa shape index (κ3) is 6.12. The minimum Gasteiger partial charge on any atom is -0.477 e. The van der Waals surface area contributed by atoms with E-state index in [-0.39, 0.29) is 33.8 Å². The van der Waals surface area contributed by atoms with Crippen LogP contribution in [-0.2, 0) is 27.3 Å². The Hall–Kier alpha value is -2.38. The van der Waals surface area contributed by atoms with Gasteiger partial charge in [0.2, 0.25) is 6.54 Å². The number of nitrogens with two attached hydrogens (primary N) is 1. The number of nitrogens with one attached hydrogen (secondary N) is 1. The second-order valence-electron chi connectivity index (χ2n) is 7.97. The number of aromatic nitrogens is 2. The van der Waals surface area contributed by atoms with Crippen molar-refractivity contribution in [1.29, 1.82) is 0 Å². The Balaban J connectivity index is 1.40. The molecule has 0 unspecified atom stereocenters. The number of carboxylic acids is 1. The van der Waals surface area contributed by atoms with Crippen LogP contribution in [0.1, 0.15) is 5.56 Å². The van der Waals surface area contributed by atoms with Crippen molar-refractivity contribution in [3.05, 3.63) is 63.8 Å². The number of carboxylic acid groups (broad SMARTS) is 1. The molecule has 2 aliphatic heterocycles. The number of thioether (sulfide) groups is 2. The van der Waals surface area contributed by atoms with Crippen molar-refractivity contribution in [2.75, 3.05) is 11.5 Å². The number of nitrogens with zero attached hydrogens (tertiary/aromatic N) is 3. The number of pyridine rings is 2. The molecule has 4 N–H and O–H groups in total. The third-order valence-electron chi connectivity index (χ3n) is 5.37. The molecular weight excluding hydrogens is 565 g/mol. The fraction of sp³-hybridized carbons (Fsp3) is 0.273. The number of fused-ring (bicyclic) bond motifs is 1. The molecule has 4 rings (SSSR count). The van der Waals surface area contributed by atoms with Gasteiger partial charge in [-0.1, -0.05) is 35.4 Å². The molecule has 0 aromatic carbocycles. The lowest BCUT2D eigenvalue weighted by Gasteiger charge is -2.49. The van der Waals surface area contributed by atoms with E-state index in [0.717, 1.165) is 10.5 Å². The van der Waals surface area contributed by atoms with Gasteiger partial charge >= 0.3 is 5.97 Å². The van der Waals surface area contributed by atoms with Crippen LogP contribution >= 0.6 is 58.9 Å². The minimum atomic E-state index is -1.14. The van der Waals surface area contributed by atoms with Crippen LogP contribution in [0.4, 0.5) is 0 Å². The van der Waals surface area contributed by atoms with Crippen molar-refractivity contribution in [1.82, 2.24) is 15.2 Å². The highest BCUT2D eigenvalue weighted by molar-refractivity contribution is 8.01. The molecule has 2 amide bonds. The second-order valence-corrected chi connectivity index (χ2v) is 11.4. The van der Waals surface area contributed by atoms with Gasteiger partial charge in [-0.15, -0.1) is 23.5 Å². The first-order valence-corrected chi connectivity index (χ1v) is 13.7. The standard InChI is InChI=1S/C22H19Cl2N5O4S3/c23-14-5-11(6-15(24)26-14)7-17(34)27-18-20(31)29-19(22(32)33)12(10-36-21(18)29)9-35-13-1-3-28(4-2-13)8-16(25)30/h1-6,18,21H,7-10H2,(H3-,25,27,30,32,33,34)/p+1/t18-,21+/m0/s1. The van der Waals surface area contributed by atoms with Crippen LogP contribution in [0, 0.1) is 0 Å². The zero-order chi connectivity index (χ0) is 26.0. The van der Waals surface area contributed by atoms with Gasteiger partial charge in [0.15, 0.2) is 12.4 Å². The number of carbonyl (C=O) groups is 3. The first-order valence-electron chi connectivity index (χ1n) is 10.5. The van der Waals surface area contributed by atoms with Crippen LogP contribution in [0.5, 0.6) is 0 Å². The highest BCUT2D eigenvalue weighted by atomic mass is 35.5. The molecule has 4 heterocycles. The fourth-order valence-corrected chi connectivity index (χ4v) is 6.98. The summed E-state index contributed by atoms with van der Waals surface area (Å²) in [5.41, 5.74) is 6.64. The van der Waals surface area contributed by atoms with Gasteiger partial charge in [0.05, 0.1) is 4.99 Å². The van der Waals surface area contributed by atoms with Gasteiger partial charge in [-0.3, -0.25) is 14.5 Å². The molecule has 1 saturated heterocycles. The van der Waals surface area contributed by atoms with Crippen LogP contribution < -0.4 is 15.6 Å². The number of halogens is 2. The summed E-state index contributed by atoms with van der Waals surface area (Å²) < 4.78 is 1.66. The highest BCUT2D eigenvalue weighted by Crippen LogP contribution is 2.41. The largest absolute Gasteiger partial charge is 0.477 e. The average Bonchev–Trinajstić information content (AvgIpc) is 2.80. The second kappa shape index (κ2) is 11.3. The molecule has 2 aromatic rings. The predicted molar refractivity (Wildman–Crippen MR) is 142 cm³/mol. The number of thiocarbonyl (C=S) groups is 1. The molecule has 188 valence electrons. The molecule has 0 spiro atoms. The fourth-order valence-electron chi connectivity index (χ4n) is 3.82. The lowest BCUT2D eigenvalue weighted by Crippen LogP contribution is -2.70. The summed E-state index contributed by atoms with van der Waals surface area (Å²) >= 11 is 20.2. The molecule has 2 aliphatic rings. The number of hydrogen-bond donors (Lipinski definition) is 3. The van der Waals surface area contributed by atoms with Gasteiger partial charge in [0.1, 0.15) is 27.4 Å². The Morgan fingerprint density at radius 3 is 2.58 bits per heavy atom. The molecule has 1 fully saturated rings. The number of aliphatic carboxylic acids is 1. The summed E-state index contributed by atoms with van der Waals surface area (Å²) in [4.78, 5) is 42.6. The Morgan fingerprint density at radius 1 is 1.31 bits per heavy atom. The lowest BCUT2D eigenvalue weighted by atomic mass is 10.0. The van der Waals surface area contributed by atoms with Gasteiger partial charge in [-0.05, 0) is 23.3 Å². The van der Waals surface area contributed by atoms with E-state index in [4.69, 9.17) is 41.2 Å². The maximum atomic E-state index is 12.9. The number of amides is 2. The van der Waals surface area contributed by atoms with Crippen molar-refractivity contribution in [3.8, 4) is 0 Å². The van der Waals surface area contributed by atoms with Crippen LogP contribution in [0.25, 0.3) is 0 Å². The normalized spacial score (nSPS) is 18.9. The first-order chi connectivity index (χ1) is 17.1. The topological polar surface area (TPSA) is 130 Å².